The van der Waals surface area contributed by atoms with Crippen molar-refractivity contribution >= 4 is 23.8 Å². The molecule has 0 saturated carbocycles. The summed E-state index contributed by atoms with van der Waals surface area (Å²) in [7, 11) is 1.67. The van der Waals surface area contributed by atoms with E-state index in [1.54, 1.807) is 31.2 Å². The van der Waals surface area contributed by atoms with Crippen LogP contribution in [0.1, 0.15) is 18.4 Å². The van der Waals surface area contributed by atoms with Crippen LogP contribution in [0, 0.1) is 23.6 Å². The van der Waals surface area contributed by atoms with Crippen molar-refractivity contribution in [3.05, 3.63) is 95.2 Å². The second kappa shape index (κ2) is 9.35. The molecule has 32 heavy (non-hydrogen) atoms. The number of hydrogen-bond donors (Lipinski definition) is 2. The van der Waals surface area contributed by atoms with Gasteiger partial charge in [0.1, 0.15) is 11.6 Å². The summed E-state index contributed by atoms with van der Waals surface area (Å²) in [6, 6.07) is 14.8. The molecule has 1 aliphatic carbocycles. The monoisotopic (exact) mass is 449 g/mol. The third-order valence-corrected chi connectivity index (χ3v) is 7.18. The van der Waals surface area contributed by atoms with E-state index in [-0.39, 0.29) is 11.2 Å². The third kappa shape index (κ3) is 4.52. The fourth-order valence-corrected chi connectivity index (χ4v) is 5.57. The first-order chi connectivity index (χ1) is 15.4. The number of ether oxygens (including phenoxy) is 1. The van der Waals surface area contributed by atoms with E-state index in [0.717, 1.165) is 42.2 Å². The second-order valence-electron chi connectivity index (χ2n) is 8.29. The van der Waals surface area contributed by atoms with Crippen molar-refractivity contribution in [1.29, 1.82) is 5.41 Å². The van der Waals surface area contributed by atoms with Crippen LogP contribution in [0.2, 0.25) is 0 Å². The number of halogens is 1. The molecule has 4 nitrogen and oxygen atoms in total. The molecule has 2 aromatic rings. The topological polar surface area (TPSA) is 48.4 Å². The maximum absolute atomic E-state index is 13.3. The average Bonchev–Trinajstić information content (AvgIpc) is 2.79. The van der Waals surface area contributed by atoms with Crippen molar-refractivity contribution in [2.75, 3.05) is 25.5 Å². The van der Waals surface area contributed by atoms with E-state index in [0.29, 0.717) is 6.42 Å². The zero-order valence-electron chi connectivity index (χ0n) is 18.5. The summed E-state index contributed by atoms with van der Waals surface area (Å²) in [5, 5.41) is 11.4. The Morgan fingerprint density at radius 1 is 1.28 bits per heavy atom. The van der Waals surface area contributed by atoms with Crippen LogP contribution in [-0.2, 0) is 4.74 Å². The number of fused-ring (bicyclic) bond motifs is 1. The van der Waals surface area contributed by atoms with E-state index >= 15 is 0 Å². The van der Waals surface area contributed by atoms with Crippen molar-refractivity contribution < 1.29 is 9.13 Å². The molecular weight excluding hydrogens is 421 g/mol. The molecule has 2 N–H and O–H groups in total. The minimum Gasteiger partial charge on any atom is -0.501 e. The Morgan fingerprint density at radius 3 is 2.75 bits per heavy atom. The SMILES string of the molecule is C=C(OC)C12CC(C=N)=C(Nc3ccc(F)cc3)C=C1CCN(Sc1cccc(C)c1)C2. The number of hydrogen-bond acceptors (Lipinski definition) is 5. The van der Waals surface area contributed by atoms with Gasteiger partial charge in [0.2, 0.25) is 0 Å². The summed E-state index contributed by atoms with van der Waals surface area (Å²) in [5.74, 6) is 0.450. The number of nitrogens with one attached hydrogen (secondary N) is 2. The Labute approximate surface area is 193 Å². The quantitative estimate of drug-likeness (QED) is 0.294. The fraction of sp³-hybridized carbons (Fsp3) is 0.269. The number of rotatable bonds is 7. The predicted octanol–water partition coefficient (Wildman–Crippen LogP) is 6.34. The summed E-state index contributed by atoms with van der Waals surface area (Å²) in [5.41, 5.74) is 4.65. The van der Waals surface area contributed by atoms with Crippen molar-refractivity contribution in [2.24, 2.45) is 5.41 Å². The number of allylic oxidation sites excluding steroid dienone is 2. The highest BCUT2D eigenvalue weighted by Gasteiger charge is 2.46. The summed E-state index contributed by atoms with van der Waals surface area (Å²) >= 11 is 1.76. The lowest BCUT2D eigenvalue weighted by atomic mass is 9.67. The molecule has 6 heteroatoms. The molecule has 1 atom stereocenters. The number of benzene rings is 2. The van der Waals surface area contributed by atoms with Crippen LogP contribution in [0.5, 0.6) is 0 Å². The molecule has 1 aliphatic heterocycles. The molecule has 4 rings (SSSR count). The standard InChI is InChI=1S/C26H28FN3OS/c1-18-5-4-6-24(13-18)32-30-12-11-21-14-25(29-23-9-7-22(27)8-10-23)20(16-28)15-26(21,17-30)19(2)31-3/h4-10,13-14,16,28-29H,2,11-12,15,17H2,1,3H3. The van der Waals surface area contributed by atoms with Gasteiger partial charge in [-0.2, -0.15) is 0 Å². The molecule has 2 aliphatic rings. The van der Waals surface area contributed by atoms with Gasteiger partial charge in [0.15, 0.2) is 0 Å². The first-order valence-electron chi connectivity index (χ1n) is 10.6. The molecule has 1 unspecified atom stereocenters. The highest BCUT2D eigenvalue weighted by Crippen LogP contribution is 2.50. The van der Waals surface area contributed by atoms with E-state index in [1.807, 2.05) is 0 Å². The minimum absolute atomic E-state index is 0.271. The summed E-state index contributed by atoms with van der Waals surface area (Å²) in [4.78, 5) is 1.22. The first kappa shape index (κ1) is 22.4. The molecule has 0 amide bonds. The van der Waals surface area contributed by atoms with E-state index in [2.05, 4.69) is 53.5 Å². The lowest BCUT2D eigenvalue weighted by Crippen LogP contribution is -2.45. The molecule has 0 bridgehead atoms. The number of anilines is 1. The van der Waals surface area contributed by atoms with Crippen LogP contribution < -0.4 is 5.32 Å². The number of methoxy groups -OCH3 is 1. The van der Waals surface area contributed by atoms with Crippen molar-refractivity contribution in [2.45, 2.75) is 24.7 Å². The molecule has 1 heterocycles. The van der Waals surface area contributed by atoms with Gasteiger partial charge in [0.05, 0.1) is 12.5 Å². The summed E-state index contributed by atoms with van der Waals surface area (Å²) in [6.07, 6.45) is 5.03. The summed E-state index contributed by atoms with van der Waals surface area (Å²) in [6.45, 7) is 8.03. The normalized spacial score (nSPS) is 20.9. The van der Waals surface area contributed by atoms with Crippen molar-refractivity contribution in [3.8, 4) is 0 Å². The van der Waals surface area contributed by atoms with Gasteiger partial charge in [-0.25, -0.2) is 8.70 Å². The number of nitrogens with zero attached hydrogens (tertiary/aromatic N) is 1. The molecule has 2 aromatic carbocycles. The minimum atomic E-state index is -0.384. The third-order valence-electron chi connectivity index (χ3n) is 6.15. The largest absolute Gasteiger partial charge is 0.501 e. The Morgan fingerprint density at radius 2 is 2.06 bits per heavy atom. The van der Waals surface area contributed by atoms with E-state index in [4.69, 9.17) is 10.1 Å². The maximum Gasteiger partial charge on any atom is 0.123 e. The van der Waals surface area contributed by atoms with Gasteiger partial charge in [-0.1, -0.05) is 24.3 Å². The van der Waals surface area contributed by atoms with Gasteiger partial charge in [-0.3, -0.25) is 0 Å². The van der Waals surface area contributed by atoms with E-state index in [1.165, 1.54) is 34.4 Å². The molecule has 1 fully saturated rings. The van der Waals surface area contributed by atoms with Gasteiger partial charge in [-0.05, 0) is 85.3 Å². The van der Waals surface area contributed by atoms with Gasteiger partial charge in [0, 0.05) is 35.6 Å². The van der Waals surface area contributed by atoms with E-state index in [9.17, 15) is 4.39 Å². The predicted molar refractivity (Wildman–Crippen MR) is 130 cm³/mol. The van der Waals surface area contributed by atoms with Crippen LogP contribution in [0.3, 0.4) is 0 Å². The smallest absolute Gasteiger partial charge is 0.123 e. The van der Waals surface area contributed by atoms with Crippen LogP contribution in [0.4, 0.5) is 10.1 Å². The molecule has 166 valence electrons. The lowest BCUT2D eigenvalue weighted by molar-refractivity contribution is 0.152. The highest BCUT2D eigenvalue weighted by molar-refractivity contribution is 7.97. The molecule has 0 aromatic heterocycles. The molecule has 0 spiro atoms. The molecule has 0 radical (unpaired) electrons. The van der Waals surface area contributed by atoms with Crippen molar-refractivity contribution in [1.82, 2.24) is 4.31 Å². The zero-order chi connectivity index (χ0) is 22.7. The van der Waals surface area contributed by atoms with Gasteiger partial charge < -0.3 is 15.5 Å². The molecular formula is C26H28FN3OS. The van der Waals surface area contributed by atoms with E-state index < -0.39 is 0 Å². The maximum atomic E-state index is 13.3. The Balaban J connectivity index is 1.62. The Bertz CT molecular complexity index is 1090. The van der Waals surface area contributed by atoms with Crippen LogP contribution in [-0.4, -0.2) is 30.7 Å². The fourth-order valence-electron chi connectivity index (χ4n) is 4.43. The summed E-state index contributed by atoms with van der Waals surface area (Å²) < 4.78 is 21.4. The molecule has 1 saturated heterocycles. The first-order valence-corrected chi connectivity index (χ1v) is 11.4. The highest BCUT2D eigenvalue weighted by atomic mass is 32.2. The van der Waals surface area contributed by atoms with Gasteiger partial charge in [0.25, 0.3) is 0 Å². The Kier molecular flexibility index (Phi) is 6.53. The lowest BCUT2D eigenvalue weighted by Gasteiger charge is -2.47. The average molecular weight is 450 g/mol. The van der Waals surface area contributed by atoms with Crippen LogP contribution in [0.15, 0.2) is 88.7 Å². The van der Waals surface area contributed by atoms with Crippen molar-refractivity contribution in [3.63, 3.8) is 0 Å². The number of piperidine rings is 1. The number of aryl methyl sites for hydroxylation is 1. The Hall–Kier alpha value is -2.83. The van der Waals surface area contributed by atoms with Gasteiger partial charge >= 0.3 is 0 Å². The van der Waals surface area contributed by atoms with Gasteiger partial charge in [-0.15, -0.1) is 0 Å². The second-order valence-corrected chi connectivity index (χ2v) is 9.46. The van der Waals surface area contributed by atoms with Crippen LogP contribution >= 0.6 is 11.9 Å². The zero-order valence-corrected chi connectivity index (χ0v) is 19.3. The van der Waals surface area contributed by atoms with Crippen LogP contribution in [0.25, 0.3) is 0 Å².